The van der Waals surface area contributed by atoms with Gasteiger partial charge in [-0.05, 0) is 0 Å². The number of aliphatic hydroxyl groups excluding tert-OH is 3. The lowest BCUT2D eigenvalue weighted by atomic mass is 10.2. The fourth-order valence-corrected chi connectivity index (χ4v) is 2.45. The first-order chi connectivity index (χ1) is 12.3. The molecule has 2 unspecified atom stereocenters. The second kappa shape index (κ2) is 8.09. The topological polar surface area (TPSA) is 217 Å². The van der Waals surface area contributed by atoms with Crippen LogP contribution in [0.3, 0.4) is 0 Å². The van der Waals surface area contributed by atoms with Gasteiger partial charge < -0.3 is 41.7 Å². The van der Waals surface area contributed by atoms with E-state index >= 15 is 0 Å². The van der Waals surface area contributed by atoms with Crippen LogP contribution in [0.4, 0.5) is 17.5 Å². The van der Waals surface area contributed by atoms with Crippen molar-refractivity contribution in [2.45, 2.75) is 31.0 Å². The largest absolute Gasteiger partial charge is 0.394 e. The molecule has 1 aromatic rings. The highest BCUT2D eigenvalue weighted by Gasteiger charge is 2.34. The number of primary amides is 1. The molecule has 0 aromatic carbocycles. The predicted molar refractivity (Wildman–Crippen MR) is 87.9 cm³/mol. The molecule has 0 bridgehead atoms. The summed E-state index contributed by atoms with van der Waals surface area (Å²) in [5, 5.41) is 31.1. The molecule has 1 fully saturated rings. The number of aromatic nitrogens is 2. The summed E-state index contributed by atoms with van der Waals surface area (Å²) >= 11 is 0. The molecule has 0 aliphatic carbocycles. The van der Waals surface area contributed by atoms with Crippen molar-refractivity contribution in [3.63, 3.8) is 0 Å². The fraction of sp³-hybridized carbons (Fsp3) is 0.538. The van der Waals surface area contributed by atoms with E-state index < -0.39 is 49.2 Å². The summed E-state index contributed by atoms with van der Waals surface area (Å²) in [6, 6.07) is 0. The van der Waals surface area contributed by atoms with Crippen LogP contribution in [0.2, 0.25) is 0 Å². The molecule has 1 aromatic heterocycles. The number of aromatic amines is 1. The average Bonchev–Trinajstić information content (AvgIpc) is 2.92. The van der Waals surface area contributed by atoms with E-state index in [-0.39, 0.29) is 30.3 Å². The number of H-pyrrole nitrogens is 1. The van der Waals surface area contributed by atoms with Gasteiger partial charge >= 0.3 is 0 Å². The third-order valence-electron chi connectivity index (χ3n) is 3.73. The smallest absolute Gasteiger partial charge is 0.278 e. The Hall–Kier alpha value is -2.74. The highest BCUT2D eigenvalue weighted by molar-refractivity contribution is 5.85. The average molecular weight is 372 g/mol. The minimum Gasteiger partial charge on any atom is -0.394 e. The number of carbonyl (C=O) groups excluding carboxylic acids is 2. The lowest BCUT2D eigenvalue weighted by molar-refractivity contribution is -0.125. The number of aliphatic hydroxyl groups is 3. The lowest BCUT2D eigenvalue weighted by Gasteiger charge is -2.23. The maximum absolute atomic E-state index is 12.2. The van der Waals surface area contributed by atoms with Gasteiger partial charge in [0.2, 0.25) is 18.3 Å². The second-order valence-corrected chi connectivity index (χ2v) is 5.62. The Morgan fingerprint density at radius 2 is 2.27 bits per heavy atom. The number of ether oxygens (including phenoxy) is 1. The molecule has 1 saturated heterocycles. The van der Waals surface area contributed by atoms with Crippen molar-refractivity contribution in [1.29, 1.82) is 0 Å². The molecular formula is C13H20N6O7. The van der Waals surface area contributed by atoms with Crippen LogP contribution in [0, 0.1) is 0 Å². The Morgan fingerprint density at radius 3 is 2.81 bits per heavy atom. The van der Waals surface area contributed by atoms with Crippen LogP contribution >= 0.6 is 0 Å². The molecule has 4 atom stereocenters. The number of hydrogen-bond donors (Lipinski definition) is 7. The SMILES string of the molecule is NC(=O)C(O)CN(C=O)c1c(NC2C[C@H](O)[C@@H](CO)O2)nc(N)[nH]c1=O. The number of nitrogens with one attached hydrogen (secondary N) is 2. The quantitative estimate of drug-likeness (QED) is 0.220. The highest BCUT2D eigenvalue weighted by Crippen LogP contribution is 2.25. The first-order valence-corrected chi connectivity index (χ1v) is 7.56. The minimum atomic E-state index is -1.71. The molecule has 2 heterocycles. The van der Waals surface area contributed by atoms with Crippen LogP contribution in [-0.2, 0) is 14.3 Å². The molecular weight excluding hydrogens is 352 g/mol. The maximum atomic E-state index is 12.2. The molecule has 1 aliphatic rings. The van der Waals surface area contributed by atoms with E-state index in [1.54, 1.807) is 0 Å². The first kappa shape index (κ1) is 19.6. The summed E-state index contributed by atoms with van der Waals surface area (Å²) in [5.74, 6) is -1.52. The zero-order chi connectivity index (χ0) is 19.4. The van der Waals surface area contributed by atoms with Crippen LogP contribution in [0.5, 0.6) is 0 Å². The van der Waals surface area contributed by atoms with E-state index in [1.807, 2.05) is 0 Å². The maximum Gasteiger partial charge on any atom is 0.278 e. The summed E-state index contributed by atoms with van der Waals surface area (Å²) < 4.78 is 5.36. The number of nitrogens with zero attached hydrogens (tertiary/aromatic N) is 2. The molecule has 0 spiro atoms. The highest BCUT2D eigenvalue weighted by atomic mass is 16.5. The van der Waals surface area contributed by atoms with Crippen molar-refractivity contribution in [2.24, 2.45) is 5.73 Å². The summed E-state index contributed by atoms with van der Waals surface area (Å²) in [4.78, 5) is 41.4. The number of nitrogens with two attached hydrogens (primary N) is 2. The normalized spacial score (nSPS) is 23.4. The van der Waals surface area contributed by atoms with E-state index in [9.17, 15) is 24.6 Å². The number of hydrogen-bond acceptors (Lipinski definition) is 10. The summed E-state index contributed by atoms with van der Waals surface area (Å²) in [6.07, 6.45) is -4.03. The molecule has 26 heavy (non-hydrogen) atoms. The molecule has 9 N–H and O–H groups in total. The van der Waals surface area contributed by atoms with Crippen molar-refractivity contribution in [3.8, 4) is 0 Å². The molecule has 2 amide bonds. The number of anilines is 3. The predicted octanol–water partition coefficient (Wildman–Crippen LogP) is -3.96. The van der Waals surface area contributed by atoms with Gasteiger partial charge in [-0.15, -0.1) is 0 Å². The van der Waals surface area contributed by atoms with E-state index in [2.05, 4.69) is 15.3 Å². The van der Waals surface area contributed by atoms with Crippen LogP contribution in [0.1, 0.15) is 6.42 Å². The fourth-order valence-electron chi connectivity index (χ4n) is 2.45. The zero-order valence-corrected chi connectivity index (χ0v) is 13.5. The molecule has 1 aliphatic heterocycles. The van der Waals surface area contributed by atoms with Crippen LogP contribution < -0.4 is 27.2 Å². The van der Waals surface area contributed by atoms with E-state index in [1.165, 1.54) is 0 Å². The molecule has 2 rings (SSSR count). The molecule has 13 nitrogen and oxygen atoms in total. The van der Waals surface area contributed by atoms with Gasteiger partial charge in [0.1, 0.15) is 18.4 Å². The minimum absolute atomic E-state index is 0.0735. The van der Waals surface area contributed by atoms with E-state index in [4.69, 9.17) is 21.3 Å². The number of nitrogen functional groups attached to an aromatic ring is 1. The zero-order valence-electron chi connectivity index (χ0n) is 13.5. The molecule has 0 saturated carbocycles. The van der Waals surface area contributed by atoms with Gasteiger partial charge in [0, 0.05) is 6.42 Å². The first-order valence-electron chi connectivity index (χ1n) is 7.56. The van der Waals surface area contributed by atoms with Gasteiger partial charge in [-0.2, -0.15) is 4.98 Å². The van der Waals surface area contributed by atoms with Gasteiger partial charge in [0.05, 0.1) is 19.3 Å². The Morgan fingerprint density at radius 1 is 1.58 bits per heavy atom. The van der Waals surface area contributed by atoms with Crippen molar-refractivity contribution >= 4 is 29.8 Å². The summed E-state index contributed by atoms with van der Waals surface area (Å²) in [7, 11) is 0. The van der Waals surface area contributed by atoms with Gasteiger partial charge in [-0.3, -0.25) is 19.4 Å². The standard InChI is InChI=1S/C13H20N6O7/c14-10(24)6(23)2-19(4-21)9-11(17-13(15)18-12(9)25)16-8-1-5(22)7(3-20)26-8/h4-8,20,22-23H,1-3H2,(H2,14,24)(H4,15,16,17,18,25)/t5-,6?,7+,8?/m0/s1. The van der Waals surface area contributed by atoms with Crippen LogP contribution in [-0.4, -0.2) is 75.3 Å². The monoisotopic (exact) mass is 372 g/mol. The summed E-state index contributed by atoms with van der Waals surface area (Å²) in [6.45, 7) is -1.00. The van der Waals surface area contributed by atoms with Gasteiger partial charge in [0.25, 0.3) is 5.56 Å². The van der Waals surface area contributed by atoms with Gasteiger partial charge in [-0.1, -0.05) is 0 Å². The number of rotatable bonds is 8. The number of amides is 2. The van der Waals surface area contributed by atoms with Crippen molar-refractivity contribution in [3.05, 3.63) is 10.4 Å². The molecule has 0 radical (unpaired) electrons. The Bertz CT molecular complexity index is 725. The van der Waals surface area contributed by atoms with Crippen molar-refractivity contribution in [1.82, 2.24) is 9.97 Å². The van der Waals surface area contributed by atoms with Crippen molar-refractivity contribution < 1.29 is 29.6 Å². The second-order valence-electron chi connectivity index (χ2n) is 5.62. The molecule has 144 valence electrons. The van der Waals surface area contributed by atoms with Gasteiger partial charge in [0.15, 0.2) is 11.5 Å². The Kier molecular flexibility index (Phi) is 6.10. The third kappa shape index (κ3) is 4.26. The van der Waals surface area contributed by atoms with E-state index in [0.29, 0.717) is 0 Å². The van der Waals surface area contributed by atoms with E-state index in [0.717, 1.165) is 4.90 Å². The lowest BCUT2D eigenvalue weighted by Crippen LogP contribution is -2.42. The Labute approximate surface area is 146 Å². The molecule has 13 heteroatoms. The van der Waals surface area contributed by atoms with Crippen LogP contribution in [0.15, 0.2) is 4.79 Å². The van der Waals surface area contributed by atoms with Gasteiger partial charge in [-0.25, -0.2) is 0 Å². The Balaban J connectivity index is 2.32. The van der Waals surface area contributed by atoms with Crippen molar-refractivity contribution in [2.75, 3.05) is 29.1 Å². The van der Waals surface area contributed by atoms with Crippen LogP contribution in [0.25, 0.3) is 0 Å². The summed E-state index contributed by atoms with van der Waals surface area (Å²) in [5.41, 5.74) is 9.31. The third-order valence-corrected chi connectivity index (χ3v) is 3.73. The number of carbonyl (C=O) groups is 2.